The molecule has 3 fully saturated rings. The van der Waals surface area contributed by atoms with Gasteiger partial charge in [0.1, 0.15) is 6.10 Å². The molecule has 8 atom stereocenters. The van der Waals surface area contributed by atoms with Gasteiger partial charge in [0.2, 0.25) is 5.78 Å². The normalized spacial score (nSPS) is 50.8. The number of carbonyl (C=O) groups is 3. The van der Waals surface area contributed by atoms with Gasteiger partial charge in [-0.2, -0.15) is 0 Å². The lowest BCUT2D eigenvalue weighted by molar-refractivity contribution is -0.155. The van der Waals surface area contributed by atoms with Crippen LogP contribution in [0.25, 0.3) is 0 Å². The van der Waals surface area contributed by atoms with Gasteiger partial charge in [0, 0.05) is 33.3 Å². The molecule has 0 aromatic rings. The fourth-order valence-electron chi connectivity index (χ4n) is 7.31. The van der Waals surface area contributed by atoms with Crippen molar-refractivity contribution in [3.63, 3.8) is 0 Å². The average molecular weight is 447 g/mol. The largest absolute Gasteiger partial charge is 0.475 e. The van der Waals surface area contributed by atoms with Gasteiger partial charge in [-0.3, -0.25) is 14.4 Å². The Balaban J connectivity index is 1.65. The number of hydrogen-bond donors (Lipinski definition) is 1. The Morgan fingerprint density at radius 3 is 2.94 bits per heavy atom. The number of rotatable bonds is 3. The number of ketones is 2. The van der Waals surface area contributed by atoms with Crippen LogP contribution in [0.2, 0.25) is 0 Å². The van der Waals surface area contributed by atoms with Gasteiger partial charge in [-0.05, 0) is 49.6 Å². The van der Waals surface area contributed by atoms with E-state index >= 15 is 0 Å². The third-order valence-electron chi connectivity index (χ3n) is 8.50. The molecule has 1 N–H and O–H groups in total. The molecule has 7 heteroatoms. The molecule has 5 aliphatic rings. The molecule has 0 spiro atoms. The van der Waals surface area contributed by atoms with Crippen molar-refractivity contribution in [3.8, 4) is 0 Å². The molecule has 4 aliphatic carbocycles. The molecule has 172 valence electrons. The molecule has 1 aliphatic heterocycles. The van der Waals surface area contributed by atoms with Gasteiger partial charge < -0.3 is 14.6 Å². The molecular weight excluding hydrogens is 410 g/mol. The van der Waals surface area contributed by atoms with E-state index < -0.39 is 76.8 Å². The molecule has 3 saturated carbocycles. The lowest BCUT2D eigenvalue weighted by atomic mass is 9.46. The van der Waals surface area contributed by atoms with E-state index in [1.54, 1.807) is 26.8 Å². The summed E-state index contributed by atoms with van der Waals surface area (Å²) in [6.45, 7) is 3.08. The van der Waals surface area contributed by atoms with Crippen LogP contribution in [0.4, 0.5) is 0 Å². The van der Waals surface area contributed by atoms with Gasteiger partial charge in [-0.1, -0.05) is 25.5 Å². The predicted molar refractivity (Wildman–Crippen MR) is 116 cm³/mol. The number of aliphatic hydroxyl groups excluding tert-OH is 1. The Labute approximate surface area is 195 Å². The predicted octanol–water partition coefficient (Wildman–Crippen LogP) is 2.56. The van der Waals surface area contributed by atoms with Crippen LogP contribution < -0.4 is 0 Å². The Hall–Kier alpha value is -2.28. The van der Waals surface area contributed by atoms with Crippen molar-refractivity contribution >= 4 is 23.4 Å². The molecule has 0 bridgehead atoms. The summed E-state index contributed by atoms with van der Waals surface area (Å²) in [5.41, 5.74) is -3.96. The molecule has 7 nitrogen and oxygen atoms in total. The van der Waals surface area contributed by atoms with Gasteiger partial charge in [-0.25, -0.2) is 4.99 Å². The smallest absolute Gasteiger partial charge is 0.303 e. The minimum absolute atomic E-state index is 0.0261. The molecule has 0 aromatic carbocycles. The first-order chi connectivity index (χ1) is 16.9. The monoisotopic (exact) mass is 446 g/mol. The zero-order valence-corrected chi connectivity index (χ0v) is 18.6. The van der Waals surface area contributed by atoms with E-state index in [2.05, 4.69) is 4.99 Å². The molecule has 0 amide bonds. The number of nitrogens with zero attached hydrogens (tertiary/aromatic N) is 1. The summed E-state index contributed by atoms with van der Waals surface area (Å²) >= 11 is 0. The van der Waals surface area contributed by atoms with Crippen molar-refractivity contribution in [1.29, 1.82) is 0 Å². The van der Waals surface area contributed by atoms with Crippen molar-refractivity contribution in [2.45, 2.75) is 71.1 Å². The molecule has 5 rings (SSSR count). The molecule has 0 aromatic heterocycles. The number of aliphatic hydroxyl groups is 1. The summed E-state index contributed by atoms with van der Waals surface area (Å²) in [4.78, 5) is 42.4. The summed E-state index contributed by atoms with van der Waals surface area (Å²) < 4.78 is 53.4. The molecule has 0 saturated heterocycles. The lowest BCUT2D eigenvalue weighted by Gasteiger charge is -2.59. The highest BCUT2D eigenvalue weighted by atomic mass is 16.5. The van der Waals surface area contributed by atoms with Crippen LogP contribution in [0.1, 0.15) is 60.2 Å². The Kier molecular flexibility index (Phi) is 3.51. The Bertz CT molecular complexity index is 1210. The number of allylic oxidation sites excluding steroid dienone is 4. The third-order valence-corrected chi connectivity index (χ3v) is 8.50. The fourth-order valence-corrected chi connectivity index (χ4v) is 7.31. The second kappa shape index (κ2) is 6.86. The van der Waals surface area contributed by atoms with Crippen molar-refractivity contribution in [2.24, 2.45) is 33.6 Å². The average Bonchev–Trinajstić information content (AvgIpc) is 3.19. The van der Waals surface area contributed by atoms with Crippen molar-refractivity contribution < 1.29 is 35.8 Å². The summed E-state index contributed by atoms with van der Waals surface area (Å²) in [5.74, 6) is -3.85. The quantitative estimate of drug-likeness (QED) is 0.669. The van der Waals surface area contributed by atoms with Crippen LogP contribution in [-0.4, -0.2) is 52.8 Å². The van der Waals surface area contributed by atoms with Crippen LogP contribution in [0, 0.1) is 28.6 Å². The molecule has 0 unspecified atom stereocenters. The van der Waals surface area contributed by atoms with E-state index in [4.69, 9.17) is 16.3 Å². The van der Waals surface area contributed by atoms with Crippen molar-refractivity contribution in [3.05, 3.63) is 23.8 Å². The second-order valence-corrected chi connectivity index (χ2v) is 10.1. The fraction of sp³-hybridized carbons (Fsp3) is 0.680. The maximum absolute atomic E-state index is 13.9. The van der Waals surface area contributed by atoms with Crippen LogP contribution in [0.3, 0.4) is 0 Å². The van der Waals surface area contributed by atoms with Gasteiger partial charge in [-0.15, -0.1) is 0 Å². The first-order valence-electron chi connectivity index (χ1n) is 13.5. The van der Waals surface area contributed by atoms with Crippen molar-refractivity contribution in [1.82, 2.24) is 0 Å². The number of fused-ring (bicyclic) bond motifs is 7. The molecule has 1 heterocycles. The SMILES string of the molecule is [2H]C1=C2C([2H])([2H])C[C@@H]3[C@H]([C@@H](O)C[C@@]4(C)[C@H]3C[C@H]3OC(C)=N[C@]34C(=O)C([2H])([2H])OC(C)=O)[C@@]2(C)C=CC1=O. The van der Waals surface area contributed by atoms with E-state index in [1.165, 1.54) is 6.08 Å². The van der Waals surface area contributed by atoms with Crippen LogP contribution >= 0.6 is 0 Å². The van der Waals surface area contributed by atoms with E-state index in [-0.39, 0.29) is 36.8 Å². The number of hydrogen-bond acceptors (Lipinski definition) is 7. The lowest BCUT2D eigenvalue weighted by Crippen LogP contribution is -2.62. The first-order valence-corrected chi connectivity index (χ1v) is 11.0. The summed E-state index contributed by atoms with van der Waals surface area (Å²) in [7, 11) is 0. The second-order valence-electron chi connectivity index (χ2n) is 10.1. The number of aliphatic imine (C=N–C) groups is 1. The minimum atomic E-state index is -2.99. The zero-order chi connectivity index (χ0) is 27.5. The first kappa shape index (κ1) is 16.4. The van der Waals surface area contributed by atoms with Crippen LogP contribution in [0.5, 0.6) is 0 Å². The van der Waals surface area contributed by atoms with Gasteiger partial charge in [0.25, 0.3) is 0 Å². The molecular formula is C25H31NO6. The number of Topliss-reactive ketones (excluding diaryl/α,β-unsaturated/α-hetero) is 1. The zero-order valence-electron chi connectivity index (χ0n) is 23.6. The van der Waals surface area contributed by atoms with Crippen molar-refractivity contribution in [2.75, 3.05) is 6.56 Å². The van der Waals surface area contributed by atoms with Gasteiger partial charge in [0.05, 0.1) is 10.2 Å². The van der Waals surface area contributed by atoms with Crippen LogP contribution in [0.15, 0.2) is 28.8 Å². The number of carbonyl (C=O) groups excluding carboxylic acids is 3. The van der Waals surface area contributed by atoms with E-state index in [1.807, 2.05) is 0 Å². The van der Waals surface area contributed by atoms with Gasteiger partial charge in [0.15, 0.2) is 23.8 Å². The summed E-state index contributed by atoms with van der Waals surface area (Å²) in [5, 5.41) is 11.7. The minimum Gasteiger partial charge on any atom is -0.475 e. The topological polar surface area (TPSA) is 102 Å². The molecule has 0 radical (unpaired) electrons. The van der Waals surface area contributed by atoms with Gasteiger partial charge >= 0.3 is 5.97 Å². The molecule has 32 heavy (non-hydrogen) atoms. The van der Waals surface area contributed by atoms with E-state index in [0.29, 0.717) is 0 Å². The maximum atomic E-state index is 13.9. The third kappa shape index (κ3) is 2.63. The van der Waals surface area contributed by atoms with E-state index in [9.17, 15) is 19.5 Å². The van der Waals surface area contributed by atoms with Crippen LogP contribution in [-0.2, 0) is 23.9 Å². The maximum Gasteiger partial charge on any atom is 0.303 e. The highest BCUT2D eigenvalue weighted by molar-refractivity contribution is 6.01. The Morgan fingerprint density at radius 2 is 2.22 bits per heavy atom. The number of esters is 1. The highest BCUT2D eigenvalue weighted by Gasteiger charge is 2.74. The standard InChI is InChI=1S/C25H31NO6/c1-13-26-25(20(30)12-31-14(2)27)21(32-13)10-18-17-6-5-15-9-16(28)7-8-23(15,3)22(17)19(29)11-24(18,25)4/h7-9,17-19,21-22,29H,5-6,10-12H2,1-4H3/t17-,18-,19-,21+,22+,23-,24-,25+/m0/s1/i5D2,9D,12D2. The highest BCUT2D eigenvalue weighted by Crippen LogP contribution is 2.69. The Morgan fingerprint density at radius 1 is 1.47 bits per heavy atom. The number of ether oxygens (including phenoxy) is 2. The van der Waals surface area contributed by atoms with E-state index in [0.717, 1.165) is 6.92 Å². The summed E-state index contributed by atoms with van der Waals surface area (Å²) in [6.07, 6.45) is -0.911. The summed E-state index contributed by atoms with van der Waals surface area (Å²) in [6, 6.07) is -0.387.